The highest BCUT2D eigenvalue weighted by atomic mass is 16.6. The van der Waals surface area contributed by atoms with E-state index in [0.717, 1.165) is 44.3 Å². The van der Waals surface area contributed by atoms with Crippen molar-refractivity contribution in [1.82, 2.24) is 4.90 Å². The third-order valence-corrected chi connectivity index (χ3v) is 4.95. The van der Waals surface area contributed by atoms with Gasteiger partial charge in [-0.05, 0) is 76.5 Å². The molecule has 1 amide bonds. The number of anilines is 1. The SMILES string of the molecule is CC(C)(C)OC(=O)N1CCC(Cc2ccc(N)cc2)CC12CC2. The van der Waals surface area contributed by atoms with Gasteiger partial charge in [0, 0.05) is 17.8 Å². The number of ether oxygens (including phenoxy) is 1. The number of carbonyl (C=O) groups is 1. The molecule has 1 aliphatic carbocycles. The number of hydrogen-bond acceptors (Lipinski definition) is 3. The molecule has 1 unspecified atom stereocenters. The van der Waals surface area contributed by atoms with E-state index < -0.39 is 5.60 Å². The number of hydrogen-bond donors (Lipinski definition) is 1. The number of likely N-dealkylation sites (tertiary alicyclic amines) is 1. The summed E-state index contributed by atoms with van der Waals surface area (Å²) < 4.78 is 5.59. The Morgan fingerprint density at radius 2 is 1.96 bits per heavy atom. The summed E-state index contributed by atoms with van der Waals surface area (Å²) in [6.07, 6.45) is 5.31. The largest absolute Gasteiger partial charge is 0.444 e. The maximum Gasteiger partial charge on any atom is 0.410 e. The van der Waals surface area contributed by atoms with Crippen LogP contribution in [0.15, 0.2) is 24.3 Å². The number of nitrogen functional groups attached to an aromatic ring is 1. The van der Waals surface area contributed by atoms with Crippen molar-refractivity contribution in [3.8, 4) is 0 Å². The first-order valence-corrected chi connectivity index (χ1v) is 8.62. The van der Waals surface area contributed by atoms with Crippen molar-refractivity contribution in [3.63, 3.8) is 0 Å². The quantitative estimate of drug-likeness (QED) is 0.839. The van der Waals surface area contributed by atoms with Gasteiger partial charge in [0.25, 0.3) is 0 Å². The van der Waals surface area contributed by atoms with Crippen LogP contribution in [-0.2, 0) is 11.2 Å². The number of amides is 1. The van der Waals surface area contributed by atoms with Gasteiger partial charge in [0.15, 0.2) is 0 Å². The van der Waals surface area contributed by atoms with E-state index in [2.05, 4.69) is 12.1 Å². The highest BCUT2D eigenvalue weighted by Gasteiger charge is 2.54. The molecule has 1 saturated heterocycles. The first kappa shape index (κ1) is 16.2. The Bertz CT molecular complexity index is 570. The van der Waals surface area contributed by atoms with E-state index in [0.29, 0.717) is 5.92 Å². The minimum atomic E-state index is -0.423. The van der Waals surface area contributed by atoms with E-state index in [1.54, 1.807) is 0 Å². The third kappa shape index (κ3) is 3.80. The third-order valence-electron chi connectivity index (χ3n) is 4.95. The summed E-state index contributed by atoms with van der Waals surface area (Å²) in [5, 5.41) is 0. The van der Waals surface area contributed by atoms with Gasteiger partial charge in [0.05, 0.1) is 0 Å². The summed E-state index contributed by atoms with van der Waals surface area (Å²) in [4.78, 5) is 14.5. The second kappa shape index (κ2) is 5.73. The van der Waals surface area contributed by atoms with Gasteiger partial charge >= 0.3 is 6.09 Å². The van der Waals surface area contributed by atoms with Crippen molar-refractivity contribution >= 4 is 11.8 Å². The molecule has 1 atom stereocenters. The van der Waals surface area contributed by atoms with Gasteiger partial charge in [0.1, 0.15) is 5.60 Å². The molecule has 0 bridgehead atoms. The Morgan fingerprint density at radius 1 is 1.30 bits per heavy atom. The van der Waals surface area contributed by atoms with E-state index >= 15 is 0 Å². The average molecular weight is 316 g/mol. The van der Waals surface area contributed by atoms with Gasteiger partial charge in [-0.3, -0.25) is 0 Å². The predicted octanol–water partition coefficient (Wildman–Crippen LogP) is 3.99. The van der Waals surface area contributed by atoms with E-state index in [1.165, 1.54) is 5.56 Å². The number of benzene rings is 1. The zero-order valence-electron chi connectivity index (χ0n) is 14.5. The van der Waals surface area contributed by atoms with Crippen molar-refractivity contribution in [3.05, 3.63) is 29.8 Å². The molecule has 2 N–H and O–H groups in total. The number of nitrogens with two attached hydrogens (primary N) is 1. The van der Waals surface area contributed by atoms with Crippen LogP contribution in [0, 0.1) is 5.92 Å². The van der Waals surface area contributed by atoms with E-state index in [-0.39, 0.29) is 11.6 Å². The molecule has 0 aromatic heterocycles. The van der Waals surface area contributed by atoms with Crippen molar-refractivity contribution in [1.29, 1.82) is 0 Å². The smallest absolute Gasteiger partial charge is 0.410 e. The highest BCUT2D eigenvalue weighted by Crippen LogP contribution is 2.51. The molecular weight excluding hydrogens is 288 g/mol. The minimum Gasteiger partial charge on any atom is -0.444 e. The van der Waals surface area contributed by atoms with Gasteiger partial charge in [-0.2, -0.15) is 0 Å². The van der Waals surface area contributed by atoms with Crippen LogP contribution in [0.5, 0.6) is 0 Å². The maximum absolute atomic E-state index is 12.5. The first-order chi connectivity index (χ1) is 10.8. The Balaban J connectivity index is 1.62. The fraction of sp³-hybridized carbons (Fsp3) is 0.632. The molecule has 1 saturated carbocycles. The van der Waals surface area contributed by atoms with Crippen LogP contribution in [0.3, 0.4) is 0 Å². The molecule has 1 spiro atoms. The lowest BCUT2D eigenvalue weighted by molar-refractivity contribution is -0.000188. The monoisotopic (exact) mass is 316 g/mol. The molecule has 126 valence electrons. The van der Waals surface area contributed by atoms with E-state index in [9.17, 15) is 4.79 Å². The van der Waals surface area contributed by atoms with Crippen LogP contribution in [0.1, 0.15) is 52.0 Å². The van der Waals surface area contributed by atoms with Crippen molar-refractivity contribution < 1.29 is 9.53 Å². The molecule has 2 aliphatic rings. The molecule has 2 fully saturated rings. The predicted molar refractivity (Wildman–Crippen MR) is 92.2 cm³/mol. The zero-order chi connectivity index (χ0) is 16.7. The van der Waals surface area contributed by atoms with Crippen LogP contribution in [0.4, 0.5) is 10.5 Å². The topological polar surface area (TPSA) is 55.6 Å². The Kier molecular flexibility index (Phi) is 4.03. The Hall–Kier alpha value is -1.71. The molecule has 4 heteroatoms. The highest BCUT2D eigenvalue weighted by molar-refractivity contribution is 5.70. The molecule has 1 aromatic rings. The second-order valence-corrected chi connectivity index (χ2v) is 8.16. The summed E-state index contributed by atoms with van der Waals surface area (Å²) in [7, 11) is 0. The summed E-state index contributed by atoms with van der Waals surface area (Å²) >= 11 is 0. The van der Waals surface area contributed by atoms with Crippen LogP contribution in [0.2, 0.25) is 0 Å². The molecular formula is C19H28N2O2. The molecule has 1 heterocycles. The lowest BCUT2D eigenvalue weighted by Gasteiger charge is -2.40. The second-order valence-electron chi connectivity index (χ2n) is 8.16. The summed E-state index contributed by atoms with van der Waals surface area (Å²) in [6.45, 7) is 6.60. The van der Waals surface area contributed by atoms with Crippen LogP contribution in [-0.4, -0.2) is 28.7 Å². The van der Waals surface area contributed by atoms with Gasteiger partial charge < -0.3 is 15.4 Å². The Morgan fingerprint density at radius 3 is 2.52 bits per heavy atom. The van der Waals surface area contributed by atoms with Gasteiger partial charge in [-0.25, -0.2) is 4.79 Å². The molecule has 1 aromatic carbocycles. The van der Waals surface area contributed by atoms with E-state index in [4.69, 9.17) is 10.5 Å². The number of nitrogens with zero attached hydrogens (tertiary/aromatic N) is 1. The first-order valence-electron chi connectivity index (χ1n) is 8.62. The summed E-state index contributed by atoms with van der Waals surface area (Å²) in [5.74, 6) is 0.639. The lowest BCUT2D eigenvalue weighted by atomic mass is 9.84. The van der Waals surface area contributed by atoms with Crippen LogP contribution < -0.4 is 5.73 Å². The van der Waals surface area contributed by atoms with Gasteiger partial charge in [-0.15, -0.1) is 0 Å². The lowest BCUT2D eigenvalue weighted by Crippen LogP contribution is -2.50. The standard InChI is InChI=1S/C19H28N2O2/c1-18(2,3)23-17(22)21-11-8-15(13-19(21)9-10-19)12-14-4-6-16(20)7-5-14/h4-7,15H,8-13,20H2,1-3H3. The van der Waals surface area contributed by atoms with Gasteiger partial charge in [-0.1, -0.05) is 12.1 Å². The van der Waals surface area contributed by atoms with Crippen molar-refractivity contribution in [2.45, 2.75) is 64.0 Å². The minimum absolute atomic E-state index is 0.0685. The molecule has 1 aliphatic heterocycles. The average Bonchev–Trinajstić information content (AvgIpc) is 3.19. The molecule has 4 nitrogen and oxygen atoms in total. The van der Waals surface area contributed by atoms with E-state index in [1.807, 2.05) is 37.8 Å². The summed E-state index contributed by atoms with van der Waals surface area (Å²) in [5.41, 5.74) is 7.55. The summed E-state index contributed by atoms with van der Waals surface area (Å²) in [6, 6.07) is 8.18. The van der Waals surface area contributed by atoms with Crippen molar-refractivity contribution in [2.24, 2.45) is 5.92 Å². The normalized spacial score (nSPS) is 22.9. The molecule has 3 rings (SSSR count). The maximum atomic E-state index is 12.5. The number of carbonyl (C=O) groups excluding carboxylic acids is 1. The number of rotatable bonds is 2. The Labute approximate surface area is 139 Å². The molecule has 23 heavy (non-hydrogen) atoms. The molecule has 0 radical (unpaired) electrons. The van der Waals surface area contributed by atoms with Gasteiger partial charge in [0.2, 0.25) is 0 Å². The van der Waals surface area contributed by atoms with Crippen molar-refractivity contribution in [2.75, 3.05) is 12.3 Å². The van der Waals surface area contributed by atoms with Crippen LogP contribution >= 0.6 is 0 Å². The van der Waals surface area contributed by atoms with Crippen LogP contribution in [0.25, 0.3) is 0 Å². The fourth-order valence-corrected chi connectivity index (χ4v) is 3.68. The number of piperidine rings is 1. The zero-order valence-corrected chi connectivity index (χ0v) is 14.5. The fourth-order valence-electron chi connectivity index (χ4n) is 3.68.